The van der Waals surface area contributed by atoms with Gasteiger partial charge >= 0.3 is 6.18 Å². The average molecular weight is 496 g/mol. The highest BCUT2D eigenvalue weighted by molar-refractivity contribution is 5.84. The second kappa shape index (κ2) is 10.5. The summed E-state index contributed by atoms with van der Waals surface area (Å²) in [6.07, 6.45) is -2.16. The molecule has 0 aliphatic carbocycles. The zero-order chi connectivity index (χ0) is 25.7. The number of nitrogens with zero attached hydrogens (tertiary/aromatic N) is 4. The number of pyridine rings is 1. The summed E-state index contributed by atoms with van der Waals surface area (Å²) in [5, 5.41) is 8.45. The third-order valence-corrected chi connectivity index (χ3v) is 5.15. The molecule has 0 spiro atoms. The number of hydrogen-bond acceptors (Lipinski definition) is 6. The van der Waals surface area contributed by atoms with Gasteiger partial charge in [-0.15, -0.1) is 0 Å². The molecule has 186 valence electrons. The summed E-state index contributed by atoms with van der Waals surface area (Å²) in [4.78, 5) is 9.12. The highest BCUT2D eigenvalue weighted by atomic mass is 19.4. The predicted molar refractivity (Wildman–Crippen MR) is 127 cm³/mol. The molecule has 0 amide bonds. The van der Waals surface area contributed by atoms with Gasteiger partial charge in [-0.2, -0.15) is 18.3 Å². The third-order valence-electron chi connectivity index (χ3n) is 5.15. The van der Waals surface area contributed by atoms with E-state index in [1.54, 1.807) is 42.2 Å². The van der Waals surface area contributed by atoms with Crippen LogP contribution in [0.4, 0.5) is 13.2 Å². The van der Waals surface area contributed by atoms with Crippen LogP contribution in [-0.4, -0.2) is 21.0 Å². The van der Waals surface area contributed by atoms with E-state index in [1.165, 1.54) is 6.07 Å². The maximum atomic E-state index is 12.6. The van der Waals surface area contributed by atoms with Crippen LogP contribution in [0.1, 0.15) is 27.9 Å². The topological polar surface area (TPSA) is 70.8 Å². The van der Waals surface area contributed by atoms with E-state index in [9.17, 15) is 13.2 Å². The Morgan fingerprint density at radius 3 is 2.22 bits per heavy atom. The number of hydrogen-bond donors (Lipinski definition) is 0. The fourth-order valence-electron chi connectivity index (χ4n) is 3.23. The van der Waals surface area contributed by atoms with Crippen molar-refractivity contribution in [2.45, 2.75) is 26.6 Å². The van der Waals surface area contributed by atoms with Crippen LogP contribution in [0.2, 0.25) is 0 Å². The molecule has 0 saturated carbocycles. The normalized spacial score (nSPS) is 11.6. The van der Waals surface area contributed by atoms with Crippen molar-refractivity contribution < 1.29 is 27.5 Å². The highest BCUT2D eigenvalue weighted by Crippen LogP contribution is 2.30. The van der Waals surface area contributed by atoms with Gasteiger partial charge in [-0.25, -0.2) is 9.67 Å². The van der Waals surface area contributed by atoms with Crippen molar-refractivity contribution in [1.29, 1.82) is 0 Å². The fraction of sp³-hybridized carbons (Fsp3) is 0.192. The van der Waals surface area contributed by atoms with E-state index >= 15 is 0 Å². The molecular weight excluding hydrogens is 473 g/mol. The van der Waals surface area contributed by atoms with Gasteiger partial charge in [0.2, 0.25) is 11.8 Å². The van der Waals surface area contributed by atoms with Crippen LogP contribution in [0.25, 0.3) is 0 Å². The van der Waals surface area contributed by atoms with Crippen LogP contribution in [0.15, 0.2) is 72.0 Å². The van der Waals surface area contributed by atoms with Crippen LogP contribution in [0.5, 0.6) is 23.3 Å². The van der Waals surface area contributed by atoms with E-state index in [2.05, 4.69) is 15.2 Å². The van der Waals surface area contributed by atoms with Crippen molar-refractivity contribution in [2.24, 2.45) is 12.2 Å². The van der Waals surface area contributed by atoms with Gasteiger partial charge in [0, 0.05) is 19.3 Å². The first-order valence-electron chi connectivity index (χ1n) is 10.9. The van der Waals surface area contributed by atoms with Gasteiger partial charge < -0.3 is 14.3 Å². The number of rotatable bonds is 8. The molecule has 7 nitrogen and oxygen atoms in total. The van der Waals surface area contributed by atoms with Gasteiger partial charge in [-0.1, -0.05) is 35.0 Å². The summed E-state index contributed by atoms with van der Waals surface area (Å²) in [5.74, 6) is 1.72. The number of aryl methyl sites for hydroxylation is 3. The zero-order valence-corrected chi connectivity index (χ0v) is 19.8. The summed E-state index contributed by atoms with van der Waals surface area (Å²) in [6.45, 7) is 4.06. The van der Waals surface area contributed by atoms with Crippen LogP contribution in [0, 0.1) is 13.8 Å². The van der Waals surface area contributed by atoms with Crippen molar-refractivity contribution in [2.75, 3.05) is 0 Å². The van der Waals surface area contributed by atoms with Gasteiger partial charge in [-0.05, 0) is 49.7 Å². The Morgan fingerprint density at radius 1 is 0.917 bits per heavy atom. The van der Waals surface area contributed by atoms with Crippen LogP contribution in [0.3, 0.4) is 0 Å². The molecule has 2 aromatic heterocycles. The number of benzene rings is 2. The van der Waals surface area contributed by atoms with Crippen LogP contribution < -0.4 is 9.47 Å². The minimum atomic E-state index is -4.44. The molecule has 0 N–H and O–H groups in total. The lowest BCUT2D eigenvalue weighted by Gasteiger charge is -2.08. The second-order valence-corrected chi connectivity index (χ2v) is 7.98. The Morgan fingerprint density at radius 2 is 1.58 bits per heavy atom. The SMILES string of the molecule is Cc1ccc(Oc2c(/C=N/OCc3ccc(Oc4ccc(C(F)(F)F)cn4)cc3)c(C)nn2C)cc1. The summed E-state index contributed by atoms with van der Waals surface area (Å²) in [5.41, 5.74) is 2.56. The molecule has 0 atom stereocenters. The van der Waals surface area contributed by atoms with Crippen LogP contribution >= 0.6 is 0 Å². The van der Waals surface area contributed by atoms with Gasteiger partial charge in [-0.3, -0.25) is 0 Å². The fourth-order valence-corrected chi connectivity index (χ4v) is 3.23. The first kappa shape index (κ1) is 24.8. The van der Waals surface area contributed by atoms with Crippen molar-refractivity contribution in [3.05, 3.63) is 94.8 Å². The largest absolute Gasteiger partial charge is 0.439 e. The predicted octanol–water partition coefficient (Wildman–Crippen LogP) is 6.59. The minimum Gasteiger partial charge on any atom is -0.439 e. The molecule has 0 radical (unpaired) electrons. The molecule has 2 aromatic carbocycles. The molecule has 10 heteroatoms. The quantitative estimate of drug-likeness (QED) is 0.203. The van der Waals surface area contributed by atoms with Crippen molar-refractivity contribution in [3.63, 3.8) is 0 Å². The molecule has 0 aliphatic rings. The van der Waals surface area contributed by atoms with E-state index in [0.717, 1.165) is 29.1 Å². The van der Waals surface area contributed by atoms with Gasteiger partial charge in [0.15, 0.2) is 0 Å². The van der Waals surface area contributed by atoms with Gasteiger partial charge in [0.1, 0.15) is 18.1 Å². The van der Waals surface area contributed by atoms with E-state index in [1.807, 2.05) is 38.1 Å². The monoisotopic (exact) mass is 496 g/mol. The standard InChI is InChI=1S/C26H23F3N4O3/c1-17-4-9-22(10-5-17)36-25-23(18(2)32-33(25)3)15-31-34-16-19-6-11-21(12-7-19)35-24-13-8-20(14-30-24)26(27,28)29/h4-15H,16H2,1-3H3/b31-15+. The molecule has 2 heterocycles. The Kier molecular flexibility index (Phi) is 7.23. The maximum absolute atomic E-state index is 12.6. The van der Waals surface area contributed by atoms with E-state index < -0.39 is 11.7 Å². The number of alkyl halides is 3. The van der Waals surface area contributed by atoms with E-state index in [4.69, 9.17) is 14.3 Å². The Hall–Kier alpha value is -4.34. The van der Waals surface area contributed by atoms with Crippen molar-refractivity contribution in [1.82, 2.24) is 14.8 Å². The first-order chi connectivity index (χ1) is 17.2. The van der Waals surface area contributed by atoms with E-state index in [0.29, 0.717) is 22.9 Å². The summed E-state index contributed by atoms with van der Waals surface area (Å²) < 4.78 is 51.1. The molecular formula is C26H23F3N4O3. The number of aromatic nitrogens is 3. The highest BCUT2D eigenvalue weighted by Gasteiger charge is 2.30. The first-order valence-corrected chi connectivity index (χ1v) is 10.9. The maximum Gasteiger partial charge on any atom is 0.417 e. The van der Waals surface area contributed by atoms with Crippen molar-refractivity contribution in [3.8, 4) is 23.3 Å². The molecule has 4 aromatic rings. The average Bonchev–Trinajstić information content (AvgIpc) is 3.11. The molecule has 4 rings (SSSR count). The lowest BCUT2D eigenvalue weighted by atomic mass is 10.2. The minimum absolute atomic E-state index is 0.0621. The molecule has 0 aliphatic heterocycles. The molecule has 0 fully saturated rings. The molecule has 36 heavy (non-hydrogen) atoms. The Bertz CT molecular complexity index is 1330. The Balaban J connectivity index is 1.34. The van der Waals surface area contributed by atoms with Crippen molar-refractivity contribution >= 4 is 6.21 Å². The smallest absolute Gasteiger partial charge is 0.417 e. The number of oxime groups is 1. The molecule has 0 unspecified atom stereocenters. The third kappa shape index (κ3) is 6.21. The summed E-state index contributed by atoms with van der Waals surface area (Å²) >= 11 is 0. The molecule has 0 bridgehead atoms. The van der Waals surface area contributed by atoms with Crippen LogP contribution in [-0.2, 0) is 24.7 Å². The Labute approximate surface area is 205 Å². The van der Waals surface area contributed by atoms with E-state index in [-0.39, 0.29) is 12.5 Å². The molecule has 0 saturated heterocycles. The number of ether oxygens (including phenoxy) is 2. The zero-order valence-electron chi connectivity index (χ0n) is 19.8. The lowest BCUT2D eigenvalue weighted by molar-refractivity contribution is -0.137. The second-order valence-electron chi connectivity index (χ2n) is 7.98. The number of halogens is 3. The van der Waals surface area contributed by atoms with Gasteiger partial charge in [0.05, 0.1) is 23.0 Å². The summed E-state index contributed by atoms with van der Waals surface area (Å²) in [6, 6.07) is 16.6. The van der Waals surface area contributed by atoms with Gasteiger partial charge in [0.25, 0.3) is 0 Å². The lowest BCUT2D eigenvalue weighted by Crippen LogP contribution is -2.05. The summed E-state index contributed by atoms with van der Waals surface area (Å²) in [7, 11) is 1.79.